The Balaban J connectivity index is 1.55. The van der Waals surface area contributed by atoms with Gasteiger partial charge < -0.3 is 19.9 Å². The second kappa shape index (κ2) is 8.37. The molecule has 0 unspecified atom stereocenters. The third-order valence-electron chi connectivity index (χ3n) is 3.62. The molecule has 0 aliphatic carbocycles. The lowest BCUT2D eigenvalue weighted by atomic mass is 10.2. The Labute approximate surface area is 160 Å². The molecular weight excluding hydrogens is 370 g/mol. The lowest BCUT2D eigenvalue weighted by Gasteiger charge is -2.07. The second-order valence-corrected chi connectivity index (χ2v) is 5.97. The standard InChI is InChI=1S/C19H16ClN3O4/c1-21-19(25)17-10-16(27-23-17)11-26-15-8-6-14(7-9-15)22-18(24)12-2-4-13(20)5-3-12/h2-10H,11H2,1H3,(H,21,25)(H,22,24). The van der Waals surface area contributed by atoms with Crippen molar-refractivity contribution in [1.82, 2.24) is 10.5 Å². The van der Waals surface area contributed by atoms with Crippen molar-refractivity contribution in [2.45, 2.75) is 6.61 Å². The fourth-order valence-corrected chi connectivity index (χ4v) is 2.34. The van der Waals surface area contributed by atoms with Gasteiger partial charge in [-0.15, -0.1) is 0 Å². The molecule has 0 aliphatic heterocycles. The van der Waals surface area contributed by atoms with E-state index >= 15 is 0 Å². The monoisotopic (exact) mass is 385 g/mol. The van der Waals surface area contributed by atoms with Gasteiger partial charge in [0.2, 0.25) is 0 Å². The third-order valence-corrected chi connectivity index (χ3v) is 3.87. The molecule has 8 heteroatoms. The zero-order valence-corrected chi connectivity index (χ0v) is 15.1. The lowest BCUT2D eigenvalue weighted by molar-refractivity contribution is 0.0953. The Hall–Kier alpha value is -3.32. The average molecular weight is 386 g/mol. The number of aromatic nitrogens is 1. The van der Waals surface area contributed by atoms with Gasteiger partial charge in [0.15, 0.2) is 11.5 Å². The molecule has 0 aliphatic rings. The molecule has 3 aromatic rings. The van der Waals surface area contributed by atoms with Crippen LogP contribution in [0.2, 0.25) is 5.02 Å². The molecule has 2 aromatic carbocycles. The zero-order chi connectivity index (χ0) is 19.2. The maximum Gasteiger partial charge on any atom is 0.273 e. The molecule has 0 atom stereocenters. The summed E-state index contributed by atoms with van der Waals surface area (Å²) >= 11 is 5.82. The molecule has 138 valence electrons. The maximum atomic E-state index is 12.2. The maximum absolute atomic E-state index is 12.2. The van der Waals surface area contributed by atoms with Crippen LogP contribution in [0.1, 0.15) is 26.6 Å². The number of carbonyl (C=O) groups excluding carboxylic acids is 2. The summed E-state index contributed by atoms with van der Waals surface area (Å²) in [6.45, 7) is 0.125. The van der Waals surface area contributed by atoms with E-state index in [1.165, 1.54) is 13.1 Å². The fraction of sp³-hybridized carbons (Fsp3) is 0.105. The first kappa shape index (κ1) is 18.5. The van der Waals surface area contributed by atoms with Crippen LogP contribution < -0.4 is 15.4 Å². The van der Waals surface area contributed by atoms with Crippen molar-refractivity contribution >= 4 is 29.1 Å². The highest BCUT2D eigenvalue weighted by atomic mass is 35.5. The largest absolute Gasteiger partial charge is 0.486 e. The summed E-state index contributed by atoms with van der Waals surface area (Å²) in [5.41, 5.74) is 1.33. The van der Waals surface area contributed by atoms with E-state index in [0.717, 1.165) is 0 Å². The molecule has 3 rings (SSSR count). The SMILES string of the molecule is CNC(=O)c1cc(COc2ccc(NC(=O)c3ccc(Cl)cc3)cc2)on1. The van der Waals surface area contributed by atoms with E-state index in [1.807, 2.05) is 0 Å². The van der Waals surface area contributed by atoms with E-state index in [4.69, 9.17) is 20.9 Å². The highest BCUT2D eigenvalue weighted by Gasteiger charge is 2.11. The van der Waals surface area contributed by atoms with Gasteiger partial charge in [0.05, 0.1) is 0 Å². The summed E-state index contributed by atoms with van der Waals surface area (Å²) in [6, 6.07) is 15.0. The molecule has 0 saturated heterocycles. The van der Waals surface area contributed by atoms with Crippen LogP contribution in [0.25, 0.3) is 0 Å². The van der Waals surface area contributed by atoms with Crippen LogP contribution in [0.4, 0.5) is 5.69 Å². The van der Waals surface area contributed by atoms with E-state index in [9.17, 15) is 9.59 Å². The van der Waals surface area contributed by atoms with Crippen molar-refractivity contribution < 1.29 is 18.8 Å². The molecule has 27 heavy (non-hydrogen) atoms. The minimum absolute atomic E-state index is 0.125. The van der Waals surface area contributed by atoms with Gasteiger partial charge in [-0.05, 0) is 48.5 Å². The number of rotatable bonds is 6. The van der Waals surface area contributed by atoms with Gasteiger partial charge in [0.25, 0.3) is 11.8 Å². The van der Waals surface area contributed by atoms with Crippen LogP contribution in [0.3, 0.4) is 0 Å². The number of benzene rings is 2. The predicted molar refractivity (Wildman–Crippen MR) is 100 cm³/mol. The summed E-state index contributed by atoms with van der Waals surface area (Å²) in [6.07, 6.45) is 0. The minimum atomic E-state index is -0.328. The zero-order valence-electron chi connectivity index (χ0n) is 14.4. The molecule has 2 N–H and O–H groups in total. The van der Waals surface area contributed by atoms with E-state index in [0.29, 0.717) is 27.8 Å². The molecule has 1 aromatic heterocycles. The van der Waals surface area contributed by atoms with Crippen LogP contribution in [0.5, 0.6) is 5.75 Å². The molecule has 7 nitrogen and oxygen atoms in total. The number of carbonyl (C=O) groups is 2. The van der Waals surface area contributed by atoms with E-state index in [-0.39, 0.29) is 24.1 Å². The number of hydrogen-bond donors (Lipinski definition) is 2. The van der Waals surface area contributed by atoms with Gasteiger partial charge >= 0.3 is 0 Å². The van der Waals surface area contributed by atoms with E-state index in [2.05, 4.69) is 15.8 Å². The third kappa shape index (κ3) is 4.86. The van der Waals surface area contributed by atoms with Crippen LogP contribution >= 0.6 is 11.6 Å². The number of nitrogens with zero attached hydrogens (tertiary/aromatic N) is 1. The molecule has 2 amide bonds. The molecular formula is C19H16ClN3O4. The Kier molecular flexibility index (Phi) is 5.73. The van der Waals surface area contributed by atoms with Gasteiger partial charge in [-0.3, -0.25) is 9.59 Å². The number of nitrogens with one attached hydrogen (secondary N) is 2. The quantitative estimate of drug-likeness (QED) is 0.677. The van der Waals surface area contributed by atoms with Gasteiger partial charge in [-0.25, -0.2) is 0 Å². The number of anilines is 1. The van der Waals surface area contributed by atoms with Crippen LogP contribution in [-0.2, 0) is 6.61 Å². The molecule has 0 fully saturated rings. The molecule has 0 radical (unpaired) electrons. The number of hydrogen-bond acceptors (Lipinski definition) is 5. The first-order chi connectivity index (χ1) is 13.0. The normalized spacial score (nSPS) is 10.3. The van der Waals surface area contributed by atoms with Crippen molar-refractivity contribution in [2.24, 2.45) is 0 Å². The lowest BCUT2D eigenvalue weighted by Crippen LogP contribution is -2.17. The summed E-state index contributed by atoms with van der Waals surface area (Å²) in [5.74, 6) is 0.445. The number of amides is 2. The van der Waals surface area contributed by atoms with Crippen molar-refractivity contribution in [1.29, 1.82) is 0 Å². The first-order valence-corrected chi connectivity index (χ1v) is 8.40. The number of halogens is 1. The van der Waals surface area contributed by atoms with Crippen LogP contribution in [0, 0.1) is 0 Å². The Morgan fingerprint density at radius 1 is 1.07 bits per heavy atom. The summed E-state index contributed by atoms with van der Waals surface area (Å²) < 4.78 is 10.6. The van der Waals surface area contributed by atoms with Gasteiger partial charge in [0.1, 0.15) is 12.4 Å². The highest BCUT2D eigenvalue weighted by molar-refractivity contribution is 6.30. The minimum Gasteiger partial charge on any atom is -0.486 e. The Bertz CT molecular complexity index is 936. The predicted octanol–water partition coefficient (Wildman–Crippen LogP) is 3.52. The molecule has 0 saturated carbocycles. The molecule has 1 heterocycles. The topological polar surface area (TPSA) is 93.5 Å². The molecule has 0 bridgehead atoms. The van der Waals surface area contributed by atoms with Crippen molar-refractivity contribution in [3.8, 4) is 5.75 Å². The Morgan fingerprint density at radius 2 is 1.78 bits per heavy atom. The first-order valence-electron chi connectivity index (χ1n) is 8.02. The van der Waals surface area contributed by atoms with Crippen LogP contribution in [-0.4, -0.2) is 24.0 Å². The molecule has 0 spiro atoms. The summed E-state index contributed by atoms with van der Waals surface area (Å²) in [4.78, 5) is 23.6. The average Bonchev–Trinajstić information content (AvgIpc) is 3.16. The summed E-state index contributed by atoms with van der Waals surface area (Å²) in [5, 5.41) is 9.48. The van der Waals surface area contributed by atoms with Gasteiger partial charge in [-0.1, -0.05) is 16.8 Å². The highest BCUT2D eigenvalue weighted by Crippen LogP contribution is 2.18. The van der Waals surface area contributed by atoms with Crippen LogP contribution in [0.15, 0.2) is 59.1 Å². The van der Waals surface area contributed by atoms with Crippen molar-refractivity contribution in [3.05, 3.63) is 76.6 Å². The smallest absolute Gasteiger partial charge is 0.273 e. The summed E-state index contributed by atoms with van der Waals surface area (Å²) in [7, 11) is 1.51. The van der Waals surface area contributed by atoms with Gasteiger partial charge in [0, 0.05) is 29.4 Å². The van der Waals surface area contributed by atoms with E-state index in [1.54, 1.807) is 48.5 Å². The second-order valence-electron chi connectivity index (χ2n) is 5.53. The number of ether oxygens (including phenoxy) is 1. The van der Waals surface area contributed by atoms with Crippen molar-refractivity contribution in [3.63, 3.8) is 0 Å². The Morgan fingerprint density at radius 3 is 2.44 bits per heavy atom. The van der Waals surface area contributed by atoms with Gasteiger partial charge in [-0.2, -0.15) is 0 Å². The van der Waals surface area contributed by atoms with E-state index < -0.39 is 0 Å². The fourth-order valence-electron chi connectivity index (χ4n) is 2.21. The van der Waals surface area contributed by atoms with Crippen molar-refractivity contribution in [2.75, 3.05) is 12.4 Å².